The van der Waals surface area contributed by atoms with E-state index < -0.39 is 5.82 Å². The molecule has 0 unspecified atom stereocenters. The summed E-state index contributed by atoms with van der Waals surface area (Å²) in [6, 6.07) is 9.18. The number of hydrogen-bond donors (Lipinski definition) is 0. The molecule has 0 N–H and O–H groups in total. The van der Waals surface area contributed by atoms with Crippen molar-refractivity contribution >= 4 is 33.3 Å². The van der Waals surface area contributed by atoms with Crippen LogP contribution in [0.4, 0.5) is 4.39 Å². The maximum absolute atomic E-state index is 13.6. The van der Waals surface area contributed by atoms with Crippen LogP contribution in [0.25, 0.3) is 0 Å². The molecule has 0 saturated carbocycles. The molecule has 0 heterocycles. The summed E-state index contributed by atoms with van der Waals surface area (Å²) in [5.74, 6) is -0.885. The largest absolute Gasteiger partial charge is 0.288 e. The number of ketones is 1. The number of carbonyl (C=O) groups is 1. The van der Waals surface area contributed by atoms with Crippen LogP contribution < -0.4 is 0 Å². The van der Waals surface area contributed by atoms with Gasteiger partial charge in [0.2, 0.25) is 0 Å². The third-order valence-corrected chi connectivity index (χ3v) is 3.51. The van der Waals surface area contributed by atoms with E-state index in [1.54, 1.807) is 31.2 Å². The van der Waals surface area contributed by atoms with Gasteiger partial charge in [0.15, 0.2) is 5.78 Å². The van der Waals surface area contributed by atoms with Gasteiger partial charge in [0, 0.05) is 15.1 Å². The van der Waals surface area contributed by atoms with Gasteiger partial charge in [-0.25, -0.2) is 4.39 Å². The van der Waals surface area contributed by atoms with Crippen molar-refractivity contribution < 1.29 is 9.18 Å². The van der Waals surface area contributed by atoms with E-state index in [1.807, 2.05) is 0 Å². The molecule has 0 aliphatic heterocycles. The highest BCUT2D eigenvalue weighted by Gasteiger charge is 2.15. The number of rotatable bonds is 2. The number of halogens is 3. The first kappa shape index (κ1) is 13.2. The number of aryl methyl sites for hydroxylation is 1. The van der Waals surface area contributed by atoms with Gasteiger partial charge < -0.3 is 0 Å². The maximum atomic E-state index is 13.6. The van der Waals surface area contributed by atoms with E-state index in [-0.39, 0.29) is 11.3 Å². The van der Waals surface area contributed by atoms with Crippen molar-refractivity contribution in [3.63, 3.8) is 0 Å². The molecule has 0 aromatic heterocycles. The third-order valence-electron chi connectivity index (χ3n) is 2.59. The van der Waals surface area contributed by atoms with Gasteiger partial charge in [-0.3, -0.25) is 4.79 Å². The van der Waals surface area contributed by atoms with Gasteiger partial charge in [-0.2, -0.15) is 0 Å². The highest BCUT2D eigenvalue weighted by atomic mass is 79.9. The summed E-state index contributed by atoms with van der Waals surface area (Å²) in [6.07, 6.45) is 0. The Hall–Kier alpha value is -1.19. The van der Waals surface area contributed by atoms with E-state index in [0.717, 1.165) is 5.56 Å². The summed E-state index contributed by atoms with van der Waals surface area (Å²) in [5.41, 5.74) is 1.26. The standard InChI is InChI=1S/C14H9BrClFO/c1-8-6-9(2-4-12(8)16)14(18)11-7-10(15)3-5-13(11)17/h2-7H,1H3. The fourth-order valence-electron chi connectivity index (χ4n) is 1.61. The molecule has 0 saturated heterocycles. The molecule has 2 aromatic carbocycles. The molecule has 0 amide bonds. The molecule has 92 valence electrons. The van der Waals surface area contributed by atoms with E-state index in [1.165, 1.54) is 12.1 Å². The Labute approximate surface area is 118 Å². The predicted octanol–water partition coefficient (Wildman–Crippen LogP) is 4.78. The van der Waals surface area contributed by atoms with Crippen molar-refractivity contribution in [3.05, 3.63) is 68.4 Å². The van der Waals surface area contributed by atoms with Crippen LogP contribution in [0.3, 0.4) is 0 Å². The molecule has 0 fully saturated rings. The molecule has 0 spiro atoms. The van der Waals surface area contributed by atoms with Crippen LogP contribution in [0.15, 0.2) is 40.9 Å². The van der Waals surface area contributed by atoms with E-state index in [0.29, 0.717) is 15.1 Å². The summed E-state index contributed by atoms with van der Waals surface area (Å²) < 4.78 is 14.3. The average Bonchev–Trinajstić information content (AvgIpc) is 2.35. The van der Waals surface area contributed by atoms with Crippen LogP contribution in [0.2, 0.25) is 5.02 Å². The van der Waals surface area contributed by atoms with Gasteiger partial charge in [-0.05, 0) is 48.9 Å². The van der Waals surface area contributed by atoms with Crippen LogP contribution in [-0.2, 0) is 0 Å². The topological polar surface area (TPSA) is 17.1 Å². The van der Waals surface area contributed by atoms with E-state index in [2.05, 4.69) is 15.9 Å². The molecule has 0 radical (unpaired) electrons. The molecule has 0 atom stereocenters. The number of hydrogen-bond acceptors (Lipinski definition) is 1. The van der Waals surface area contributed by atoms with Crippen molar-refractivity contribution in [1.29, 1.82) is 0 Å². The van der Waals surface area contributed by atoms with E-state index in [9.17, 15) is 9.18 Å². The highest BCUT2D eigenvalue weighted by Crippen LogP contribution is 2.22. The Morgan fingerprint density at radius 2 is 1.94 bits per heavy atom. The Morgan fingerprint density at radius 3 is 2.61 bits per heavy atom. The quantitative estimate of drug-likeness (QED) is 0.725. The summed E-state index contributed by atoms with van der Waals surface area (Å²) in [5, 5.41) is 0.585. The lowest BCUT2D eigenvalue weighted by Gasteiger charge is -2.05. The van der Waals surface area contributed by atoms with Crippen molar-refractivity contribution in [3.8, 4) is 0 Å². The molecule has 2 rings (SSSR count). The van der Waals surface area contributed by atoms with Gasteiger partial charge in [0.1, 0.15) is 5.82 Å². The molecule has 2 aromatic rings. The minimum absolute atomic E-state index is 0.0473. The summed E-state index contributed by atoms with van der Waals surface area (Å²) in [4.78, 5) is 12.2. The zero-order valence-electron chi connectivity index (χ0n) is 9.51. The average molecular weight is 328 g/mol. The molecular formula is C14H9BrClFO. The molecule has 18 heavy (non-hydrogen) atoms. The van der Waals surface area contributed by atoms with Gasteiger partial charge in [0.05, 0.1) is 5.56 Å². The SMILES string of the molecule is Cc1cc(C(=O)c2cc(Br)ccc2F)ccc1Cl. The van der Waals surface area contributed by atoms with Gasteiger partial charge >= 0.3 is 0 Å². The predicted molar refractivity (Wildman–Crippen MR) is 73.7 cm³/mol. The van der Waals surface area contributed by atoms with Crippen molar-refractivity contribution in [2.24, 2.45) is 0 Å². The molecular weight excluding hydrogens is 319 g/mol. The Bertz CT molecular complexity index is 625. The van der Waals surface area contributed by atoms with Gasteiger partial charge in [0.25, 0.3) is 0 Å². The van der Waals surface area contributed by atoms with Crippen LogP contribution in [0.5, 0.6) is 0 Å². The normalized spacial score (nSPS) is 10.4. The third kappa shape index (κ3) is 2.62. The van der Waals surface area contributed by atoms with Crippen LogP contribution in [-0.4, -0.2) is 5.78 Å². The van der Waals surface area contributed by atoms with Crippen molar-refractivity contribution in [2.45, 2.75) is 6.92 Å². The first-order chi connectivity index (χ1) is 8.49. The number of benzene rings is 2. The fourth-order valence-corrected chi connectivity index (χ4v) is 2.09. The number of carbonyl (C=O) groups excluding carboxylic acids is 1. The monoisotopic (exact) mass is 326 g/mol. The Balaban J connectivity index is 2.47. The molecule has 1 nitrogen and oxygen atoms in total. The van der Waals surface area contributed by atoms with Crippen LogP contribution in [0, 0.1) is 12.7 Å². The van der Waals surface area contributed by atoms with Crippen molar-refractivity contribution in [2.75, 3.05) is 0 Å². The van der Waals surface area contributed by atoms with Gasteiger partial charge in [-0.15, -0.1) is 0 Å². The van der Waals surface area contributed by atoms with Crippen LogP contribution >= 0.6 is 27.5 Å². The summed E-state index contributed by atoms with van der Waals surface area (Å²) >= 11 is 9.12. The zero-order valence-corrected chi connectivity index (χ0v) is 11.8. The lowest BCUT2D eigenvalue weighted by Crippen LogP contribution is -2.04. The maximum Gasteiger partial charge on any atom is 0.196 e. The fraction of sp³-hybridized carbons (Fsp3) is 0.0714. The highest BCUT2D eigenvalue weighted by molar-refractivity contribution is 9.10. The van der Waals surface area contributed by atoms with E-state index in [4.69, 9.17) is 11.6 Å². The second-order valence-electron chi connectivity index (χ2n) is 3.92. The second kappa shape index (κ2) is 5.21. The lowest BCUT2D eigenvalue weighted by atomic mass is 10.0. The minimum atomic E-state index is -0.532. The smallest absolute Gasteiger partial charge is 0.196 e. The molecule has 0 aliphatic rings. The van der Waals surface area contributed by atoms with Crippen molar-refractivity contribution in [1.82, 2.24) is 0 Å². The van der Waals surface area contributed by atoms with Gasteiger partial charge in [-0.1, -0.05) is 27.5 Å². The molecule has 0 aliphatic carbocycles. The van der Waals surface area contributed by atoms with E-state index >= 15 is 0 Å². The second-order valence-corrected chi connectivity index (χ2v) is 5.24. The first-order valence-electron chi connectivity index (χ1n) is 5.25. The minimum Gasteiger partial charge on any atom is -0.288 e. The summed E-state index contributed by atoms with van der Waals surface area (Å²) in [7, 11) is 0. The first-order valence-corrected chi connectivity index (χ1v) is 6.42. The Kier molecular flexibility index (Phi) is 3.83. The Morgan fingerprint density at radius 1 is 1.22 bits per heavy atom. The summed E-state index contributed by atoms with van der Waals surface area (Å²) in [6.45, 7) is 1.80. The molecule has 0 bridgehead atoms. The van der Waals surface area contributed by atoms with Crippen LogP contribution in [0.1, 0.15) is 21.5 Å². The lowest BCUT2D eigenvalue weighted by molar-refractivity contribution is 0.103. The molecule has 4 heteroatoms. The zero-order chi connectivity index (χ0) is 13.3.